The lowest BCUT2D eigenvalue weighted by molar-refractivity contribution is 0.466. The van der Waals surface area contributed by atoms with Crippen molar-refractivity contribution >= 4 is 135 Å². The van der Waals surface area contributed by atoms with E-state index in [9.17, 15) is 0 Å². The molecule has 0 spiro atoms. The molecule has 0 amide bonds. The number of fused-ring (bicyclic) bond motifs is 12. The molecule has 2 aromatic heterocycles. The lowest BCUT2D eigenvalue weighted by Crippen LogP contribution is -2.50. The molecule has 0 aliphatic carbocycles. The monoisotopic (exact) mass is 1010 g/mol. The summed E-state index contributed by atoms with van der Waals surface area (Å²) in [5, 5.41) is 4.86. The number of rotatable bonds is 4. The smallest absolute Gasteiger partial charge is 0.291 e. The fourth-order valence-corrected chi connectivity index (χ4v) is 15.3. The maximum absolute atomic E-state index is 7.47. The van der Waals surface area contributed by atoms with E-state index >= 15 is 0 Å². The predicted octanol–water partition coefficient (Wildman–Crippen LogP) is 15.5. The number of nitrogens with zero attached hydrogens (tertiary/aromatic N) is 4. The Morgan fingerprint density at radius 1 is 0.289 bits per heavy atom. The Hall–Kier alpha value is -8.95. The van der Waals surface area contributed by atoms with Gasteiger partial charge in [0.1, 0.15) is 23.0 Å². The Morgan fingerprint density at radius 3 is 1.05 bits per heavy atom. The van der Waals surface area contributed by atoms with Crippen molar-refractivity contribution in [2.45, 2.75) is 9.79 Å². The van der Waals surface area contributed by atoms with E-state index < -0.39 is 0 Å². The second-order valence-electron chi connectivity index (χ2n) is 19.9. The van der Waals surface area contributed by atoms with Gasteiger partial charge in [-0.3, -0.25) is 0 Å². The molecule has 0 atom stereocenters. The lowest BCUT2D eigenvalue weighted by atomic mass is 9.54. The highest BCUT2D eigenvalue weighted by atomic mass is 32.2. The molecular formula is C66H40B2N4O2S2. The molecule has 76 heavy (non-hydrogen) atoms. The minimum Gasteiger partial charge on any atom is -0.458 e. The van der Waals surface area contributed by atoms with Crippen LogP contribution in [0.1, 0.15) is 0 Å². The van der Waals surface area contributed by atoms with Gasteiger partial charge < -0.3 is 28.4 Å². The number of hydrogen-bond donors (Lipinski definition) is 0. The van der Waals surface area contributed by atoms with Gasteiger partial charge in [-0.1, -0.05) is 140 Å². The summed E-state index contributed by atoms with van der Waals surface area (Å²) in [6.45, 7) is 0. The first-order chi connectivity index (χ1) is 37.7. The van der Waals surface area contributed by atoms with E-state index in [2.05, 4.69) is 262 Å². The molecule has 0 saturated heterocycles. The first-order valence-electron chi connectivity index (χ1n) is 25.8. The van der Waals surface area contributed by atoms with Crippen molar-refractivity contribution < 1.29 is 9.47 Å². The van der Waals surface area contributed by atoms with Gasteiger partial charge in [0.2, 0.25) is 0 Å². The molecular weight excluding hydrogens is 967 g/mol. The number of para-hydroxylation sites is 8. The summed E-state index contributed by atoms with van der Waals surface area (Å²) in [6, 6.07) is 88.2. The van der Waals surface area contributed by atoms with E-state index in [1.54, 1.807) is 0 Å². The van der Waals surface area contributed by atoms with Crippen LogP contribution < -0.4 is 41.1 Å². The van der Waals surface area contributed by atoms with Gasteiger partial charge in [0.05, 0.1) is 44.8 Å². The Balaban J connectivity index is 0.917. The summed E-state index contributed by atoms with van der Waals surface area (Å²) >= 11 is 3.81. The van der Waals surface area contributed by atoms with Crippen LogP contribution in [0.2, 0.25) is 0 Å². The van der Waals surface area contributed by atoms with Crippen molar-refractivity contribution in [1.82, 2.24) is 9.13 Å². The summed E-state index contributed by atoms with van der Waals surface area (Å²) in [4.78, 5) is 7.28. The van der Waals surface area contributed by atoms with E-state index in [0.29, 0.717) is 0 Å². The van der Waals surface area contributed by atoms with Gasteiger partial charge in [-0.05, 0) is 95.9 Å². The van der Waals surface area contributed by atoms with E-state index in [1.165, 1.54) is 31.3 Å². The standard InChI is InChI=1S/C66H40B2N4O2S2/c1-3-19-41(20-4-1)69-55-31-15-17-33-63(55)75-67-49-39-50-60(40-59(49)73-61-37-43(35-57(69)65(61)67)71-51-27-11-7-23-45(51)46-24-8-12-28-52(46)71)74-62-38-44(72-53-29-13-9-25-47(53)48-26-10-14-30-54(48)72)36-58-66(62)68(50)76-64-34-18-16-32-56(64)70(58)42-21-5-2-6-22-42/h1-40H. The number of anilines is 6. The molecule has 17 rings (SSSR count). The molecule has 354 valence electrons. The van der Waals surface area contributed by atoms with Gasteiger partial charge in [0, 0.05) is 83.2 Å². The first kappa shape index (κ1) is 42.4. The molecule has 6 nitrogen and oxygen atoms in total. The van der Waals surface area contributed by atoms with Crippen molar-refractivity contribution in [3.63, 3.8) is 0 Å². The van der Waals surface area contributed by atoms with Crippen LogP contribution in [0.3, 0.4) is 0 Å². The zero-order valence-corrected chi connectivity index (χ0v) is 42.3. The molecule has 0 saturated carbocycles. The average Bonchev–Trinajstić information content (AvgIpc) is 3.94. The molecule has 6 heterocycles. The second kappa shape index (κ2) is 16.3. The van der Waals surface area contributed by atoms with Gasteiger partial charge in [-0.2, -0.15) is 23.2 Å². The Bertz CT molecular complexity index is 4200. The van der Waals surface area contributed by atoms with E-state index in [-0.39, 0.29) is 12.0 Å². The van der Waals surface area contributed by atoms with Crippen LogP contribution in [-0.4, -0.2) is 21.1 Å². The lowest BCUT2D eigenvalue weighted by Gasteiger charge is -2.34. The van der Waals surface area contributed by atoms with Gasteiger partial charge in [-0.25, -0.2) is 0 Å². The van der Waals surface area contributed by atoms with Crippen LogP contribution in [0, 0.1) is 0 Å². The minimum atomic E-state index is -0.122. The van der Waals surface area contributed by atoms with Crippen LogP contribution in [0.25, 0.3) is 55.0 Å². The van der Waals surface area contributed by atoms with Crippen LogP contribution in [0.4, 0.5) is 34.1 Å². The summed E-state index contributed by atoms with van der Waals surface area (Å²) in [6.07, 6.45) is 0. The van der Waals surface area contributed by atoms with Crippen molar-refractivity contribution in [2.75, 3.05) is 9.80 Å². The molecule has 11 aromatic carbocycles. The van der Waals surface area contributed by atoms with Crippen LogP contribution in [0.5, 0.6) is 23.0 Å². The summed E-state index contributed by atoms with van der Waals surface area (Å²) in [5.74, 6) is 3.01. The molecule has 10 heteroatoms. The fraction of sp³-hybridized carbons (Fsp3) is 0. The first-order valence-corrected chi connectivity index (χ1v) is 27.5. The zero-order chi connectivity index (χ0) is 49.6. The van der Waals surface area contributed by atoms with Gasteiger partial charge in [0.15, 0.2) is 0 Å². The number of hydrogen-bond acceptors (Lipinski definition) is 6. The topological polar surface area (TPSA) is 34.8 Å². The molecule has 0 N–H and O–H groups in total. The maximum atomic E-state index is 7.47. The predicted molar refractivity (Wildman–Crippen MR) is 319 cm³/mol. The number of benzene rings is 11. The van der Waals surface area contributed by atoms with Crippen molar-refractivity contribution in [1.29, 1.82) is 0 Å². The highest BCUT2D eigenvalue weighted by molar-refractivity contribution is 8.28. The SMILES string of the molecule is c1ccc(N2c3ccccc3SB3c4cc5c(cc4Oc4cc(-n6c7ccccc7c7ccccc76)cc2c43)Oc2cc(-n3c4ccccc4c4ccccc43)cc3c2B5Sc2ccccc2N3c2ccccc2)cc1. The van der Waals surface area contributed by atoms with Crippen molar-refractivity contribution in [3.05, 3.63) is 243 Å². The van der Waals surface area contributed by atoms with E-state index in [4.69, 9.17) is 9.47 Å². The normalized spacial score (nSPS) is 13.8. The van der Waals surface area contributed by atoms with Gasteiger partial charge in [0.25, 0.3) is 12.0 Å². The van der Waals surface area contributed by atoms with Crippen LogP contribution in [0.15, 0.2) is 252 Å². The number of aromatic nitrogens is 2. The highest BCUT2D eigenvalue weighted by Gasteiger charge is 2.45. The fourth-order valence-electron chi connectivity index (χ4n) is 12.6. The molecule has 0 unspecified atom stereocenters. The average molecular weight is 1010 g/mol. The van der Waals surface area contributed by atoms with Gasteiger partial charge in [-0.15, -0.1) is 0 Å². The minimum absolute atomic E-state index is 0.122. The molecule has 13 aromatic rings. The van der Waals surface area contributed by atoms with Crippen molar-refractivity contribution in [3.8, 4) is 34.4 Å². The van der Waals surface area contributed by atoms with Gasteiger partial charge >= 0.3 is 0 Å². The van der Waals surface area contributed by atoms with E-state index in [1.807, 2.05) is 23.2 Å². The molecule has 0 radical (unpaired) electrons. The van der Waals surface area contributed by atoms with Crippen molar-refractivity contribution in [2.24, 2.45) is 0 Å². The largest absolute Gasteiger partial charge is 0.458 e. The molecule has 0 fully saturated rings. The molecule has 0 bridgehead atoms. The zero-order valence-electron chi connectivity index (χ0n) is 40.7. The molecule has 4 aliphatic heterocycles. The quantitative estimate of drug-likeness (QED) is 0.164. The second-order valence-corrected chi connectivity index (χ2v) is 22.2. The van der Waals surface area contributed by atoms with Crippen LogP contribution >= 0.6 is 23.2 Å². The summed E-state index contributed by atoms with van der Waals surface area (Å²) in [5.41, 5.74) is 17.8. The molecule has 4 aliphatic rings. The third kappa shape index (κ3) is 6.11. The highest BCUT2D eigenvalue weighted by Crippen LogP contribution is 2.52. The maximum Gasteiger partial charge on any atom is 0.291 e. The Labute approximate surface area is 447 Å². The Kier molecular flexibility index (Phi) is 9.08. The Morgan fingerprint density at radius 2 is 0.645 bits per heavy atom. The third-order valence-corrected chi connectivity index (χ3v) is 18.4. The summed E-state index contributed by atoms with van der Waals surface area (Å²) < 4.78 is 19.7. The van der Waals surface area contributed by atoms with Crippen LogP contribution in [-0.2, 0) is 0 Å². The number of ether oxygens (including phenoxy) is 2. The third-order valence-electron chi connectivity index (χ3n) is 15.8. The summed E-state index contributed by atoms with van der Waals surface area (Å²) in [7, 11) is 0. The van der Waals surface area contributed by atoms with E-state index in [0.717, 1.165) is 112 Å².